The molecular weight excluding hydrogens is 274 g/mol. The SMILES string of the molecule is CCCCN=C1Nc2ccc(Cl)cc2S(=O)(=O)N1. The van der Waals surface area contributed by atoms with Crippen molar-refractivity contribution in [1.82, 2.24) is 4.72 Å². The van der Waals surface area contributed by atoms with Gasteiger partial charge in [-0.1, -0.05) is 24.9 Å². The van der Waals surface area contributed by atoms with Gasteiger partial charge in [-0.25, -0.2) is 13.1 Å². The summed E-state index contributed by atoms with van der Waals surface area (Å²) in [5.41, 5.74) is 0.494. The fourth-order valence-electron chi connectivity index (χ4n) is 1.58. The van der Waals surface area contributed by atoms with Crippen molar-refractivity contribution in [2.24, 2.45) is 4.99 Å². The second kappa shape index (κ2) is 5.16. The van der Waals surface area contributed by atoms with E-state index < -0.39 is 10.0 Å². The van der Waals surface area contributed by atoms with Crippen LogP contribution in [-0.2, 0) is 10.0 Å². The number of sulfonamides is 1. The van der Waals surface area contributed by atoms with Gasteiger partial charge in [-0.05, 0) is 24.6 Å². The molecule has 0 aromatic heterocycles. The predicted octanol–water partition coefficient (Wildman–Crippen LogP) is 2.20. The van der Waals surface area contributed by atoms with Crippen molar-refractivity contribution >= 4 is 33.3 Å². The first-order valence-corrected chi connectivity index (χ1v) is 7.53. The van der Waals surface area contributed by atoms with Crippen LogP contribution >= 0.6 is 11.6 Å². The predicted molar refractivity (Wildman–Crippen MR) is 72.6 cm³/mol. The minimum atomic E-state index is -3.58. The number of hydrogen-bond acceptors (Lipinski definition) is 3. The number of nitrogens with zero attached hydrogens (tertiary/aromatic N) is 1. The van der Waals surface area contributed by atoms with Crippen molar-refractivity contribution in [3.05, 3.63) is 23.2 Å². The summed E-state index contributed by atoms with van der Waals surface area (Å²) in [6.07, 6.45) is 1.93. The third kappa shape index (κ3) is 2.76. The summed E-state index contributed by atoms with van der Waals surface area (Å²) in [7, 11) is -3.58. The number of anilines is 1. The molecule has 18 heavy (non-hydrogen) atoms. The molecule has 0 atom stereocenters. The number of fused-ring (bicyclic) bond motifs is 1. The van der Waals surface area contributed by atoms with E-state index in [1.165, 1.54) is 6.07 Å². The smallest absolute Gasteiger partial charge is 0.266 e. The van der Waals surface area contributed by atoms with Crippen molar-refractivity contribution in [2.45, 2.75) is 24.7 Å². The highest BCUT2D eigenvalue weighted by atomic mass is 35.5. The lowest BCUT2D eigenvalue weighted by Crippen LogP contribution is -2.40. The molecule has 0 radical (unpaired) electrons. The van der Waals surface area contributed by atoms with Crippen LogP contribution in [0.5, 0.6) is 0 Å². The van der Waals surface area contributed by atoms with Gasteiger partial charge in [0.15, 0.2) is 0 Å². The molecule has 0 bridgehead atoms. The first kappa shape index (κ1) is 13.2. The molecule has 5 nitrogen and oxygen atoms in total. The van der Waals surface area contributed by atoms with Gasteiger partial charge in [0.2, 0.25) is 5.96 Å². The fraction of sp³-hybridized carbons (Fsp3) is 0.364. The Hall–Kier alpha value is -1.27. The average Bonchev–Trinajstić information content (AvgIpc) is 2.30. The van der Waals surface area contributed by atoms with E-state index >= 15 is 0 Å². The standard InChI is InChI=1S/C11H14ClN3O2S/c1-2-3-6-13-11-14-9-5-4-8(12)7-10(9)18(16,17)15-11/h4-5,7H,2-3,6H2,1H3,(H2,13,14,15). The minimum absolute atomic E-state index is 0.143. The molecule has 1 aliphatic heterocycles. The molecule has 0 aliphatic carbocycles. The largest absolute Gasteiger partial charge is 0.324 e. The van der Waals surface area contributed by atoms with Crippen molar-refractivity contribution in [1.29, 1.82) is 0 Å². The molecule has 0 spiro atoms. The summed E-state index contributed by atoms with van der Waals surface area (Å²) in [6.45, 7) is 2.64. The molecule has 0 saturated carbocycles. The third-order valence-corrected chi connectivity index (χ3v) is 4.11. The van der Waals surface area contributed by atoms with Crippen LogP contribution in [0.4, 0.5) is 5.69 Å². The van der Waals surface area contributed by atoms with E-state index in [0.29, 0.717) is 17.3 Å². The van der Waals surface area contributed by atoms with Crippen LogP contribution in [-0.4, -0.2) is 20.9 Å². The van der Waals surface area contributed by atoms with E-state index in [4.69, 9.17) is 11.6 Å². The third-order valence-electron chi connectivity index (χ3n) is 2.50. The lowest BCUT2D eigenvalue weighted by molar-refractivity contribution is 0.591. The molecule has 7 heteroatoms. The molecule has 2 N–H and O–H groups in total. The lowest BCUT2D eigenvalue weighted by Gasteiger charge is -2.21. The molecule has 0 unspecified atom stereocenters. The molecule has 1 aliphatic rings. The van der Waals surface area contributed by atoms with Gasteiger partial charge in [0.1, 0.15) is 4.90 Å². The molecule has 0 saturated heterocycles. The van der Waals surface area contributed by atoms with E-state index in [-0.39, 0.29) is 10.9 Å². The van der Waals surface area contributed by atoms with Gasteiger partial charge in [-0.2, -0.15) is 0 Å². The molecule has 1 aromatic carbocycles. The number of guanidine groups is 1. The highest BCUT2D eigenvalue weighted by Crippen LogP contribution is 2.27. The van der Waals surface area contributed by atoms with E-state index in [1.807, 2.05) is 0 Å². The van der Waals surface area contributed by atoms with Gasteiger partial charge in [-0.3, -0.25) is 4.99 Å². The molecule has 1 heterocycles. The first-order valence-electron chi connectivity index (χ1n) is 5.67. The van der Waals surface area contributed by atoms with Crippen LogP contribution in [0.15, 0.2) is 28.1 Å². The molecule has 2 rings (SSSR count). The van der Waals surface area contributed by atoms with Gasteiger partial charge in [0.05, 0.1) is 5.69 Å². The summed E-state index contributed by atoms with van der Waals surface area (Å²) in [5, 5.41) is 3.32. The highest BCUT2D eigenvalue weighted by molar-refractivity contribution is 7.90. The Morgan fingerprint density at radius 3 is 2.89 bits per heavy atom. The summed E-state index contributed by atoms with van der Waals surface area (Å²) in [5.74, 6) is 0.262. The summed E-state index contributed by atoms with van der Waals surface area (Å²) >= 11 is 5.79. The van der Waals surface area contributed by atoms with Crippen molar-refractivity contribution < 1.29 is 8.42 Å². The second-order valence-electron chi connectivity index (χ2n) is 3.95. The van der Waals surface area contributed by atoms with E-state index in [1.54, 1.807) is 12.1 Å². The first-order chi connectivity index (χ1) is 8.53. The van der Waals surface area contributed by atoms with Crippen LogP contribution in [0.2, 0.25) is 5.02 Å². The molecule has 1 aromatic rings. The number of rotatable bonds is 3. The van der Waals surface area contributed by atoms with Gasteiger partial charge < -0.3 is 5.32 Å². The minimum Gasteiger partial charge on any atom is -0.324 e. The number of hydrogen-bond donors (Lipinski definition) is 2. The van der Waals surface area contributed by atoms with Crippen molar-refractivity contribution in [2.75, 3.05) is 11.9 Å². The number of halogens is 1. The lowest BCUT2D eigenvalue weighted by atomic mass is 10.3. The molecular formula is C11H14ClN3O2S. The van der Waals surface area contributed by atoms with Gasteiger partial charge >= 0.3 is 0 Å². The molecule has 0 amide bonds. The maximum absolute atomic E-state index is 12.0. The Morgan fingerprint density at radius 2 is 2.17 bits per heavy atom. The number of benzene rings is 1. The Labute approximate surface area is 111 Å². The molecule has 0 fully saturated rings. The zero-order valence-electron chi connectivity index (χ0n) is 9.90. The Kier molecular flexibility index (Phi) is 3.77. The summed E-state index contributed by atoms with van der Waals surface area (Å²) < 4.78 is 26.3. The van der Waals surface area contributed by atoms with E-state index in [9.17, 15) is 8.42 Å². The van der Waals surface area contributed by atoms with Gasteiger partial charge in [0, 0.05) is 11.6 Å². The van der Waals surface area contributed by atoms with Crippen LogP contribution in [0.3, 0.4) is 0 Å². The van der Waals surface area contributed by atoms with Crippen LogP contribution in [0.25, 0.3) is 0 Å². The van der Waals surface area contributed by atoms with Crippen LogP contribution in [0.1, 0.15) is 19.8 Å². The monoisotopic (exact) mass is 287 g/mol. The summed E-state index contributed by atoms with van der Waals surface area (Å²) in [6, 6.07) is 4.68. The topological polar surface area (TPSA) is 70.6 Å². The van der Waals surface area contributed by atoms with E-state index in [0.717, 1.165) is 12.8 Å². The average molecular weight is 288 g/mol. The zero-order chi connectivity index (χ0) is 13.2. The Bertz CT molecular complexity index is 584. The quantitative estimate of drug-likeness (QED) is 0.837. The van der Waals surface area contributed by atoms with Crippen LogP contribution in [0, 0.1) is 0 Å². The fourth-order valence-corrected chi connectivity index (χ4v) is 2.99. The van der Waals surface area contributed by atoms with Gasteiger partial charge in [0.25, 0.3) is 10.0 Å². The number of nitrogens with one attached hydrogen (secondary N) is 2. The van der Waals surface area contributed by atoms with Gasteiger partial charge in [-0.15, -0.1) is 0 Å². The Balaban J connectivity index is 2.33. The zero-order valence-corrected chi connectivity index (χ0v) is 11.5. The molecule has 98 valence electrons. The number of unbranched alkanes of at least 4 members (excludes halogenated alkanes) is 1. The maximum Gasteiger partial charge on any atom is 0.266 e. The normalized spacial score (nSPS) is 18.9. The maximum atomic E-state index is 12.0. The van der Waals surface area contributed by atoms with Crippen molar-refractivity contribution in [3.63, 3.8) is 0 Å². The second-order valence-corrected chi connectivity index (χ2v) is 6.04. The van der Waals surface area contributed by atoms with Crippen LogP contribution < -0.4 is 10.0 Å². The highest BCUT2D eigenvalue weighted by Gasteiger charge is 2.26. The number of aliphatic imine (C=N–C) groups is 1. The van der Waals surface area contributed by atoms with Crippen molar-refractivity contribution in [3.8, 4) is 0 Å². The summed E-state index contributed by atoms with van der Waals surface area (Å²) in [4.78, 5) is 4.32. The van der Waals surface area contributed by atoms with E-state index in [2.05, 4.69) is 22.0 Å². The Morgan fingerprint density at radius 1 is 1.39 bits per heavy atom.